The van der Waals surface area contributed by atoms with E-state index in [1.54, 1.807) is 24.3 Å². The van der Waals surface area contributed by atoms with Gasteiger partial charge in [0.25, 0.3) is 0 Å². The third-order valence-corrected chi connectivity index (χ3v) is 3.58. The summed E-state index contributed by atoms with van der Waals surface area (Å²) in [7, 11) is 0. The van der Waals surface area contributed by atoms with Gasteiger partial charge in [-0.2, -0.15) is 0 Å². The highest BCUT2D eigenvalue weighted by Crippen LogP contribution is 2.29. The summed E-state index contributed by atoms with van der Waals surface area (Å²) in [5.41, 5.74) is 0.894. The predicted octanol–water partition coefficient (Wildman–Crippen LogP) is 4.48. The molecule has 0 amide bonds. The molecule has 104 valence electrons. The van der Waals surface area contributed by atoms with Crippen molar-refractivity contribution in [3.05, 3.63) is 63.3 Å². The number of carboxylic acids is 1. The second kappa shape index (κ2) is 6.24. The van der Waals surface area contributed by atoms with Crippen molar-refractivity contribution in [2.45, 2.75) is 6.04 Å². The van der Waals surface area contributed by atoms with Crippen molar-refractivity contribution in [3.63, 3.8) is 0 Å². The van der Waals surface area contributed by atoms with Crippen molar-refractivity contribution in [2.75, 3.05) is 5.32 Å². The molecule has 2 aromatic rings. The number of carboxylic acid groups (broad SMARTS) is 1. The van der Waals surface area contributed by atoms with E-state index in [2.05, 4.69) is 21.2 Å². The van der Waals surface area contributed by atoms with Crippen LogP contribution in [0.3, 0.4) is 0 Å². The van der Waals surface area contributed by atoms with Crippen molar-refractivity contribution in [3.8, 4) is 0 Å². The molecule has 0 aliphatic carbocycles. The summed E-state index contributed by atoms with van der Waals surface area (Å²) >= 11 is 9.12. The zero-order chi connectivity index (χ0) is 14.7. The van der Waals surface area contributed by atoms with E-state index in [0.717, 1.165) is 0 Å². The number of nitrogens with one attached hydrogen (secondary N) is 1. The maximum absolute atomic E-state index is 13.1. The van der Waals surface area contributed by atoms with Crippen molar-refractivity contribution < 1.29 is 14.3 Å². The van der Waals surface area contributed by atoms with Crippen molar-refractivity contribution in [2.24, 2.45) is 0 Å². The van der Waals surface area contributed by atoms with Crippen LogP contribution >= 0.6 is 27.5 Å². The van der Waals surface area contributed by atoms with E-state index in [4.69, 9.17) is 11.6 Å². The van der Waals surface area contributed by atoms with Crippen LogP contribution in [0.15, 0.2) is 46.9 Å². The maximum atomic E-state index is 13.1. The lowest BCUT2D eigenvalue weighted by Gasteiger charge is -2.17. The molecule has 0 saturated carbocycles. The number of carbonyl (C=O) groups is 1. The van der Waals surface area contributed by atoms with Crippen LogP contribution in [0, 0.1) is 5.82 Å². The number of hydrogen-bond donors (Lipinski definition) is 2. The zero-order valence-corrected chi connectivity index (χ0v) is 12.5. The molecule has 0 aromatic heterocycles. The molecule has 0 aliphatic heterocycles. The van der Waals surface area contributed by atoms with Crippen molar-refractivity contribution in [1.82, 2.24) is 0 Å². The highest BCUT2D eigenvalue weighted by Gasteiger charge is 2.22. The lowest BCUT2D eigenvalue weighted by molar-refractivity contribution is -0.138. The fraction of sp³-hybridized carbons (Fsp3) is 0.0714. The van der Waals surface area contributed by atoms with E-state index in [1.807, 2.05) is 0 Å². The summed E-state index contributed by atoms with van der Waals surface area (Å²) in [5.74, 6) is -1.51. The van der Waals surface area contributed by atoms with E-state index in [1.165, 1.54) is 18.2 Å². The molecule has 2 N–H and O–H groups in total. The number of anilines is 1. The van der Waals surface area contributed by atoms with Crippen molar-refractivity contribution in [1.29, 1.82) is 0 Å². The lowest BCUT2D eigenvalue weighted by Crippen LogP contribution is -2.21. The second-order valence-corrected chi connectivity index (χ2v) is 5.38. The van der Waals surface area contributed by atoms with Crippen LogP contribution in [0.1, 0.15) is 11.6 Å². The molecule has 0 fully saturated rings. The summed E-state index contributed by atoms with van der Waals surface area (Å²) in [6, 6.07) is 9.45. The smallest absolute Gasteiger partial charge is 0.330 e. The monoisotopic (exact) mass is 357 g/mol. The Morgan fingerprint density at radius 1 is 1.30 bits per heavy atom. The van der Waals surface area contributed by atoms with Gasteiger partial charge in [-0.1, -0.05) is 39.7 Å². The van der Waals surface area contributed by atoms with E-state index < -0.39 is 17.8 Å². The number of aliphatic carboxylic acids is 1. The molecule has 6 heteroatoms. The Kier molecular flexibility index (Phi) is 4.62. The molecule has 0 heterocycles. The Morgan fingerprint density at radius 2 is 2.05 bits per heavy atom. The van der Waals surface area contributed by atoms with E-state index in [9.17, 15) is 14.3 Å². The van der Waals surface area contributed by atoms with Crippen molar-refractivity contribution >= 4 is 39.2 Å². The number of hydrogen-bond acceptors (Lipinski definition) is 2. The largest absolute Gasteiger partial charge is 0.479 e. The minimum Gasteiger partial charge on any atom is -0.479 e. The van der Waals surface area contributed by atoms with Crippen LogP contribution in [0.5, 0.6) is 0 Å². The summed E-state index contributed by atoms with van der Waals surface area (Å²) in [5, 5.41) is 12.6. The van der Waals surface area contributed by atoms with Gasteiger partial charge in [-0.25, -0.2) is 9.18 Å². The standard InChI is InChI=1S/C14H10BrClFNO2/c15-12-6-8(16)4-5-11(12)13(14(19)20)18-10-3-1-2-9(17)7-10/h1-7,13,18H,(H,19,20). The summed E-state index contributed by atoms with van der Waals surface area (Å²) in [4.78, 5) is 11.4. The van der Waals surface area contributed by atoms with Gasteiger partial charge in [0.15, 0.2) is 6.04 Å². The first-order valence-electron chi connectivity index (χ1n) is 5.67. The molecule has 0 spiro atoms. The summed E-state index contributed by atoms with van der Waals surface area (Å²) < 4.78 is 13.7. The SMILES string of the molecule is O=C(O)C(Nc1cccc(F)c1)c1ccc(Cl)cc1Br. The molecule has 3 nitrogen and oxygen atoms in total. The van der Waals surface area contributed by atoms with Crippen LogP contribution in [0.2, 0.25) is 5.02 Å². The van der Waals surface area contributed by atoms with Gasteiger partial charge in [0.2, 0.25) is 0 Å². The van der Waals surface area contributed by atoms with Crippen LogP contribution in [0.25, 0.3) is 0 Å². The topological polar surface area (TPSA) is 49.3 Å². The Morgan fingerprint density at radius 3 is 2.65 bits per heavy atom. The first-order valence-corrected chi connectivity index (χ1v) is 6.84. The Balaban J connectivity index is 2.34. The van der Waals surface area contributed by atoms with Gasteiger partial charge in [0.05, 0.1) is 0 Å². The van der Waals surface area contributed by atoms with Crippen LogP contribution in [0.4, 0.5) is 10.1 Å². The Hall–Kier alpha value is -1.59. The highest BCUT2D eigenvalue weighted by atomic mass is 79.9. The van der Waals surface area contributed by atoms with Crippen LogP contribution < -0.4 is 5.32 Å². The van der Waals surface area contributed by atoms with Gasteiger partial charge < -0.3 is 10.4 Å². The third-order valence-electron chi connectivity index (χ3n) is 2.66. The zero-order valence-electron chi connectivity index (χ0n) is 10.1. The second-order valence-electron chi connectivity index (χ2n) is 4.09. The quantitative estimate of drug-likeness (QED) is 0.847. The highest BCUT2D eigenvalue weighted by molar-refractivity contribution is 9.10. The lowest BCUT2D eigenvalue weighted by atomic mass is 10.1. The average molecular weight is 359 g/mol. The fourth-order valence-corrected chi connectivity index (χ4v) is 2.66. The molecular formula is C14H10BrClFNO2. The summed E-state index contributed by atoms with van der Waals surface area (Å²) in [6.45, 7) is 0. The molecular weight excluding hydrogens is 349 g/mol. The van der Waals surface area contributed by atoms with Gasteiger partial charge in [0.1, 0.15) is 5.82 Å². The molecule has 0 bridgehead atoms. The van der Waals surface area contributed by atoms with Gasteiger partial charge >= 0.3 is 5.97 Å². The molecule has 0 aliphatic rings. The first-order chi connectivity index (χ1) is 9.47. The molecule has 2 rings (SSSR count). The van der Waals surface area contributed by atoms with Gasteiger partial charge in [-0.3, -0.25) is 0 Å². The van der Waals surface area contributed by atoms with Crippen LogP contribution in [-0.2, 0) is 4.79 Å². The van der Waals surface area contributed by atoms with E-state index in [0.29, 0.717) is 20.7 Å². The Bertz CT molecular complexity index is 651. The minimum atomic E-state index is -1.07. The molecule has 20 heavy (non-hydrogen) atoms. The number of halogens is 3. The number of rotatable bonds is 4. The number of benzene rings is 2. The summed E-state index contributed by atoms with van der Waals surface area (Å²) in [6.07, 6.45) is 0. The fourth-order valence-electron chi connectivity index (χ4n) is 1.75. The first kappa shape index (κ1) is 14.8. The van der Waals surface area contributed by atoms with Gasteiger partial charge in [0, 0.05) is 15.2 Å². The molecule has 1 atom stereocenters. The maximum Gasteiger partial charge on any atom is 0.330 e. The Labute approximate surface area is 128 Å². The van der Waals surface area contributed by atoms with Gasteiger partial charge in [-0.05, 0) is 35.9 Å². The van der Waals surface area contributed by atoms with E-state index >= 15 is 0 Å². The normalized spacial score (nSPS) is 11.9. The predicted molar refractivity (Wildman–Crippen MR) is 79.6 cm³/mol. The molecule has 2 aromatic carbocycles. The van der Waals surface area contributed by atoms with Gasteiger partial charge in [-0.15, -0.1) is 0 Å². The molecule has 1 unspecified atom stereocenters. The third kappa shape index (κ3) is 3.49. The minimum absolute atomic E-state index is 0.388. The van der Waals surface area contributed by atoms with E-state index in [-0.39, 0.29) is 0 Å². The molecule has 0 saturated heterocycles. The molecule has 0 radical (unpaired) electrons. The van der Waals surface area contributed by atoms with Crippen LogP contribution in [-0.4, -0.2) is 11.1 Å². The average Bonchev–Trinajstić information content (AvgIpc) is 2.36.